The Bertz CT molecular complexity index is 895. The summed E-state index contributed by atoms with van der Waals surface area (Å²) in [4.78, 5) is 24.7. The molecule has 3 rings (SSSR count). The highest BCUT2D eigenvalue weighted by atomic mass is 16.5. The second-order valence-corrected chi connectivity index (χ2v) is 7.23. The lowest BCUT2D eigenvalue weighted by Gasteiger charge is -2.13. The van der Waals surface area contributed by atoms with Crippen LogP contribution in [0.3, 0.4) is 0 Å². The number of methoxy groups -OCH3 is 1. The van der Waals surface area contributed by atoms with E-state index in [0.717, 1.165) is 24.2 Å². The van der Waals surface area contributed by atoms with Crippen molar-refractivity contribution in [2.75, 3.05) is 20.3 Å². The van der Waals surface area contributed by atoms with Crippen LogP contribution in [0.25, 0.3) is 0 Å². The van der Waals surface area contributed by atoms with E-state index in [0.29, 0.717) is 41.8 Å². The summed E-state index contributed by atoms with van der Waals surface area (Å²) in [6.07, 6.45) is 1.69. The number of hydrogen-bond donors (Lipinski definition) is 2. The van der Waals surface area contributed by atoms with Crippen molar-refractivity contribution < 1.29 is 23.8 Å². The summed E-state index contributed by atoms with van der Waals surface area (Å²) in [5.41, 5.74) is 6.66. The molecule has 0 fully saturated rings. The lowest BCUT2D eigenvalue weighted by atomic mass is 10.1. The van der Waals surface area contributed by atoms with Crippen molar-refractivity contribution in [2.45, 2.75) is 26.7 Å². The van der Waals surface area contributed by atoms with Gasteiger partial charge in [0.15, 0.2) is 11.5 Å². The van der Waals surface area contributed by atoms with Gasteiger partial charge in [-0.15, -0.1) is 0 Å². The van der Waals surface area contributed by atoms with Gasteiger partial charge in [0.25, 0.3) is 11.8 Å². The van der Waals surface area contributed by atoms with Gasteiger partial charge < -0.3 is 14.2 Å². The molecule has 0 aliphatic carbocycles. The Hall–Kier alpha value is -3.22. The fourth-order valence-electron chi connectivity index (χ4n) is 2.92. The van der Waals surface area contributed by atoms with E-state index < -0.39 is 11.8 Å². The highest BCUT2D eigenvalue weighted by Gasteiger charge is 2.16. The number of rotatable bonds is 7. The fourth-order valence-corrected chi connectivity index (χ4v) is 2.92. The SMILES string of the molecule is COc1cc(C(=O)NNC(=O)c2ccc3c(c2)CCO3)ccc1OCCC(C)C. The highest BCUT2D eigenvalue weighted by Crippen LogP contribution is 2.28. The molecular formula is C22H26N2O5. The Labute approximate surface area is 170 Å². The van der Waals surface area contributed by atoms with Crippen LogP contribution in [0.2, 0.25) is 0 Å². The van der Waals surface area contributed by atoms with E-state index in [9.17, 15) is 9.59 Å². The zero-order valence-corrected chi connectivity index (χ0v) is 16.9. The van der Waals surface area contributed by atoms with Crippen LogP contribution in [-0.2, 0) is 6.42 Å². The van der Waals surface area contributed by atoms with Crippen LogP contribution in [0.5, 0.6) is 17.2 Å². The number of fused-ring (bicyclic) bond motifs is 1. The summed E-state index contributed by atoms with van der Waals surface area (Å²) in [6.45, 7) is 5.44. The molecule has 2 aromatic carbocycles. The third-order valence-electron chi connectivity index (χ3n) is 4.62. The molecule has 0 bridgehead atoms. The smallest absolute Gasteiger partial charge is 0.269 e. The molecule has 1 heterocycles. The molecule has 7 nitrogen and oxygen atoms in total. The van der Waals surface area contributed by atoms with Crippen molar-refractivity contribution in [3.8, 4) is 17.2 Å². The van der Waals surface area contributed by atoms with Crippen molar-refractivity contribution in [3.05, 3.63) is 53.1 Å². The van der Waals surface area contributed by atoms with E-state index >= 15 is 0 Å². The first kappa shape index (κ1) is 20.5. The van der Waals surface area contributed by atoms with Crippen LogP contribution in [0.15, 0.2) is 36.4 Å². The van der Waals surface area contributed by atoms with Crippen molar-refractivity contribution in [3.63, 3.8) is 0 Å². The Kier molecular flexibility index (Phi) is 6.59. The minimum absolute atomic E-state index is 0.348. The monoisotopic (exact) mass is 398 g/mol. The number of carbonyl (C=O) groups is 2. The molecule has 0 saturated heterocycles. The van der Waals surface area contributed by atoms with E-state index in [1.54, 1.807) is 36.4 Å². The molecule has 0 atom stereocenters. The van der Waals surface area contributed by atoms with E-state index in [-0.39, 0.29) is 0 Å². The number of ether oxygens (including phenoxy) is 3. The minimum atomic E-state index is -0.449. The van der Waals surface area contributed by atoms with Crippen molar-refractivity contribution in [2.24, 2.45) is 5.92 Å². The normalized spacial score (nSPS) is 12.1. The molecule has 0 saturated carbocycles. The summed E-state index contributed by atoms with van der Waals surface area (Å²) in [6, 6.07) is 10.1. The third-order valence-corrected chi connectivity index (χ3v) is 4.62. The van der Waals surface area contributed by atoms with Gasteiger partial charge in [-0.05, 0) is 54.3 Å². The second-order valence-electron chi connectivity index (χ2n) is 7.23. The lowest BCUT2D eigenvalue weighted by molar-refractivity contribution is 0.0846. The maximum Gasteiger partial charge on any atom is 0.269 e. The molecule has 29 heavy (non-hydrogen) atoms. The Morgan fingerprint density at radius 2 is 1.72 bits per heavy atom. The number of hydrogen-bond acceptors (Lipinski definition) is 5. The Morgan fingerprint density at radius 3 is 2.41 bits per heavy atom. The van der Waals surface area contributed by atoms with Gasteiger partial charge in [-0.2, -0.15) is 0 Å². The summed E-state index contributed by atoms with van der Waals surface area (Å²) < 4.78 is 16.5. The summed E-state index contributed by atoms with van der Waals surface area (Å²) >= 11 is 0. The van der Waals surface area contributed by atoms with Crippen molar-refractivity contribution >= 4 is 11.8 Å². The van der Waals surface area contributed by atoms with Crippen LogP contribution in [0.1, 0.15) is 46.5 Å². The number of benzene rings is 2. The standard InChI is InChI=1S/C22H26N2O5/c1-14(2)8-10-29-19-7-5-17(13-20(19)27-3)22(26)24-23-21(25)16-4-6-18-15(12-16)9-11-28-18/h4-7,12-14H,8-11H2,1-3H3,(H,23,25)(H,24,26). The summed E-state index contributed by atoms with van der Waals surface area (Å²) in [7, 11) is 1.52. The van der Waals surface area contributed by atoms with Crippen LogP contribution in [-0.4, -0.2) is 32.1 Å². The largest absolute Gasteiger partial charge is 0.493 e. The maximum atomic E-state index is 12.4. The van der Waals surface area contributed by atoms with Crippen LogP contribution < -0.4 is 25.1 Å². The number of nitrogens with one attached hydrogen (secondary N) is 2. The first-order chi connectivity index (χ1) is 14.0. The predicted molar refractivity (Wildman–Crippen MR) is 109 cm³/mol. The molecular weight excluding hydrogens is 372 g/mol. The molecule has 1 aliphatic rings. The Balaban J connectivity index is 1.59. The Morgan fingerprint density at radius 1 is 1.03 bits per heavy atom. The minimum Gasteiger partial charge on any atom is -0.493 e. The zero-order chi connectivity index (χ0) is 20.8. The molecule has 2 aromatic rings. The van der Waals surface area contributed by atoms with Gasteiger partial charge >= 0.3 is 0 Å². The number of amides is 2. The predicted octanol–water partition coefficient (Wildman–Crippen LogP) is 3.13. The topological polar surface area (TPSA) is 85.9 Å². The average Bonchev–Trinajstić information content (AvgIpc) is 3.19. The van der Waals surface area contributed by atoms with Crippen LogP contribution in [0, 0.1) is 5.92 Å². The molecule has 2 N–H and O–H groups in total. The van der Waals surface area contributed by atoms with Crippen LogP contribution in [0.4, 0.5) is 0 Å². The molecule has 0 spiro atoms. The van der Waals surface area contributed by atoms with Gasteiger partial charge in [0.1, 0.15) is 5.75 Å². The van der Waals surface area contributed by atoms with E-state index in [2.05, 4.69) is 24.7 Å². The average molecular weight is 398 g/mol. The van der Waals surface area contributed by atoms with Crippen molar-refractivity contribution in [1.82, 2.24) is 10.9 Å². The second kappa shape index (κ2) is 9.32. The van der Waals surface area contributed by atoms with E-state index in [1.807, 2.05) is 0 Å². The number of hydrazine groups is 1. The summed E-state index contributed by atoms with van der Waals surface area (Å²) in [5, 5.41) is 0. The van der Waals surface area contributed by atoms with Gasteiger partial charge in [0.05, 0.1) is 20.3 Å². The summed E-state index contributed by atoms with van der Waals surface area (Å²) in [5.74, 6) is 1.53. The molecule has 0 unspecified atom stereocenters. The van der Waals surface area contributed by atoms with E-state index in [1.165, 1.54) is 7.11 Å². The highest BCUT2D eigenvalue weighted by molar-refractivity contribution is 5.99. The van der Waals surface area contributed by atoms with Crippen molar-refractivity contribution in [1.29, 1.82) is 0 Å². The third kappa shape index (κ3) is 5.19. The zero-order valence-electron chi connectivity index (χ0n) is 16.9. The van der Waals surface area contributed by atoms with E-state index in [4.69, 9.17) is 14.2 Å². The molecule has 2 amide bonds. The fraction of sp³-hybridized carbons (Fsp3) is 0.364. The van der Waals surface area contributed by atoms with Gasteiger partial charge in [-0.1, -0.05) is 13.8 Å². The molecule has 0 aromatic heterocycles. The maximum absolute atomic E-state index is 12.4. The molecule has 1 aliphatic heterocycles. The quantitative estimate of drug-likeness (QED) is 0.700. The number of carbonyl (C=O) groups excluding carboxylic acids is 2. The van der Waals surface area contributed by atoms with Gasteiger partial charge in [0.2, 0.25) is 0 Å². The molecule has 0 radical (unpaired) electrons. The first-order valence-electron chi connectivity index (χ1n) is 9.65. The van der Waals surface area contributed by atoms with Gasteiger partial charge in [-0.3, -0.25) is 20.4 Å². The molecule has 154 valence electrons. The lowest BCUT2D eigenvalue weighted by Crippen LogP contribution is -2.41. The molecule has 7 heteroatoms. The van der Waals surface area contributed by atoms with Gasteiger partial charge in [0, 0.05) is 17.5 Å². The van der Waals surface area contributed by atoms with Gasteiger partial charge in [-0.25, -0.2) is 0 Å². The first-order valence-corrected chi connectivity index (χ1v) is 9.65. The van der Waals surface area contributed by atoms with Crippen LogP contribution >= 0.6 is 0 Å².